The van der Waals surface area contributed by atoms with E-state index in [4.69, 9.17) is 4.74 Å². The van der Waals surface area contributed by atoms with Crippen LogP contribution in [0.25, 0.3) is 6.08 Å². The summed E-state index contributed by atoms with van der Waals surface area (Å²) < 4.78 is 7.94. The van der Waals surface area contributed by atoms with Crippen LogP contribution in [0.4, 0.5) is 0 Å². The second kappa shape index (κ2) is 10.4. The molecule has 2 aromatic carbocycles. The summed E-state index contributed by atoms with van der Waals surface area (Å²) in [4.78, 5) is 12.4. The monoisotopic (exact) mass is 612 g/mol. The molecule has 4 nitrogen and oxygen atoms in total. The van der Waals surface area contributed by atoms with E-state index in [0.29, 0.717) is 6.61 Å². The number of nitrogens with zero attached hydrogens (tertiary/aromatic N) is 1. The van der Waals surface area contributed by atoms with Crippen molar-refractivity contribution in [3.63, 3.8) is 0 Å². The molecule has 29 heavy (non-hydrogen) atoms. The van der Waals surface area contributed by atoms with Gasteiger partial charge < -0.3 is 10.1 Å². The predicted molar refractivity (Wildman–Crippen MR) is 131 cm³/mol. The normalized spacial score (nSPS) is 14.5. The summed E-state index contributed by atoms with van der Waals surface area (Å²) in [6.07, 6.45) is 5.91. The molecule has 0 atom stereocenters. The third-order valence-electron chi connectivity index (χ3n) is 4.85. The smallest absolute Gasteiger partial charge is 0.262 e. The molecule has 0 heterocycles. The first-order valence-electron chi connectivity index (χ1n) is 9.56. The summed E-state index contributed by atoms with van der Waals surface area (Å²) in [7, 11) is 0. The van der Waals surface area contributed by atoms with Crippen LogP contribution in [0.3, 0.4) is 0 Å². The standard InChI is InChI=1S/C23H22I2N2O2/c1-15-5-4-6-16(9-15)14-29-22-20(24)11-17(12-21(22)25)10-18(13-26)23(28)27-19-7-2-3-8-19/h4-6,9-12,19H,2-3,7-8,14H2,1H3,(H,27,28)/b18-10-. The lowest BCUT2D eigenvalue weighted by Gasteiger charge is -2.13. The van der Waals surface area contributed by atoms with Crippen LogP contribution in [-0.4, -0.2) is 11.9 Å². The number of nitrogens with one attached hydrogen (secondary N) is 1. The Balaban J connectivity index is 1.74. The lowest BCUT2D eigenvalue weighted by molar-refractivity contribution is -0.117. The van der Waals surface area contributed by atoms with Crippen LogP contribution in [-0.2, 0) is 11.4 Å². The highest BCUT2D eigenvalue weighted by atomic mass is 127. The highest BCUT2D eigenvalue weighted by molar-refractivity contribution is 14.1. The maximum Gasteiger partial charge on any atom is 0.262 e. The molecule has 6 heteroatoms. The Hall–Kier alpha value is -1.60. The van der Waals surface area contributed by atoms with E-state index in [1.165, 1.54) is 5.56 Å². The Morgan fingerprint density at radius 3 is 2.55 bits per heavy atom. The zero-order chi connectivity index (χ0) is 20.8. The Kier molecular flexibility index (Phi) is 7.95. The molecule has 0 saturated heterocycles. The number of amides is 1. The van der Waals surface area contributed by atoms with Crippen molar-refractivity contribution in [1.82, 2.24) is 5.32 Å². The second-order valence-corrected chi connectivity index (χ2v) is 9.54. The third kappa shape index (κ3) is 6.19. The largest absolute Gasteiger partial charge is 0.487 e. The maximum absolute atomic E-state index is 12.4. The van der Waals surface area contributed by atoms with Crippen molar-refractivity contribution in [2.45, 2.75) is 45.3 Å². The van der Waals surface area contributed by atoms with Gasteiger partial charge in [0.05, 0.1) is 7.14 Å². The number of hydrogen-bond donors (Lipinski definition) is 1. The molecule has 1 amide bonds. The predicted octanol–water partition coefficient (Wildman–Crippen LogP) is 5.75. The molecule has 0 aliphatic heterocycles. The first-order valence-corrected chi connectivity index (χ1v) is 11.7. The van der Waals surface area contributed by atoms with E-state index in [0.717, 1.165) is 49.7 Å². The maximum atomic E-state index is 12.4. The summed E-state index contributed by atoms with van der Waals surface area (Å²) in [6.45, 7) is 2.56. The van der Waals surface area contributed by atoms with Gasteiger partial charge in [-0.1, -0.05) is 42.7 Å². The van der Waals surface area contributed by atoms with Gasteiger partial charge in [0.25, 0.3) is 5.91 Å². The van der Waals surface area contributed by atoms with Crippen LogP contribution in [0.5, 0.6) is 5.75 Å². The molecule has 0 spiro atoms. The van der Waals surface area contributed by atoms with Gasteiger partial charge in [0.2, 0.25) is 0 Å². The molecule has 0 aromatic heterocycles. The van der Waals surface area contributed by atoms with Gasteiger partial charge in [0.15, 0.2) is 0 Å². The van der Waals surface area contributed by atoms with Gasteiger partial charge in [0, 0.05) is 6.04 Å². The van der Waals surface area contributed by atoms with Crippen LogP contribution < -0.4 is 10.1 Å². The van der Waals surface area contributed by atoms with E-state index < -0.39 is 0 Å². The van der Waals surface area contributed by atoms with Crippen LogP contribution in [0.1, 0.15) is 42.4 Å². The van der Waals surface area contributed by atoms with Crippen LogP contribution in [0.15, 0.2) is 42.0 Å². The zero-order valence-electron chi connectivity index (χ0n) is 16.2. The van der Waals surface area contributed by atoms with E-state index in [1.807, 2.05) is 30.3 Å². The van der Waals surface area contributed by atoms with Gasteiger partial charge in [-0.25, -0.2) is 0 Å². The van der Waals surface area contributed by atoms with Gasteiger partial charge in [0.1, 0.15) is 24.0 Å². The summed E-state index contributed by atoms with van der Waals surface area (Å²) in [5.41, 5.74) is 3.28. The average Bonchev–Trinajstić information content (AvgIpc) is 3.18. The van der Waals surface area contributed by atoms with E-state index in [-0.39, 0.29) is 17.5 Å². The number of nitriles is 1. The Morgan fingerprint density at radius 2 is 1.93 bits per heavy atom. The molecule has 0 radical (unpaired) electrons. The van der Waals surface area contributed by atoms with Crippen molar-refractivity contribution in [3.05, 3.63) is 65.8 Å². The van der Waals surface area contributed by atoms with Crippen molar-refractivity contribution in [2.75, 3.05) is 0 Å². The molecule has 1 N–H and O–H groups in total. The zero-order valence-corrected chi connectivity index (χ0v) is 20.5. The molecule has 150 valence electrons. The van der Waals surface area contributed by atoms with Gasteiger partial charge >= 0.3 is 0 Å². The quantitative estimate of drug-likeness (QED) is 0.257. The van der Waals surface area contributed by atoms with Crippen molar-refractivity contribution >= 4 is 57.2 Å². The minimum atomic E-state index is -0.288. The molecule has 1 fully saturated rings. The van der Waals surface area contributed by atoms with Gasteiger partial charge in [-0.15, -0.1) is 0 Å². The van der Waals surface area contributed by atoms with Crippen molar-refractivity contribution in [1.29, 1.82) is 5.26 Å². The second-order valence-electron chi connectivity index (χ2n) is 7.22. The summed E-state index contributed by atoms with van der Waals surface area (Å²) >= 11 is 4.47. The number of hydrogen-bond acceptors (Lipinski definition) is 3. The molecule has 1 aliphatic carbocycles. The van der Waals surface area contributed by atoms with Crippen LogP contribution in [0.2, 0.25) is 0 Å². The fraction of sp³-hybridized carbons (Fsp3) is 0.304. The van der Waals surface area contributed by atoms with Crippen molar-refractivity contribution in [3.8, 4) is 11.8 Å². The summed E-state index contributed by atoms with van der Waals surface area (Å²) in [5, 5.41) is 12.4. The highest BCUT2D eigenvalue weighted by Crippen LogP contribution is 2.30. The number of rotatable bonds is 6. The van der Waals surface area contributed by atoms with Gasteiger partial charge in [-0.05, 0) is 94.3 Å². The fourth-order valence-electron chi connectivity index (χ4n) is 3.41. The van der Waals surface area contributed by atoms with E-state index >= 15 is 0 Å². The Bertz CT molecular complexity index is 950. The highest BCUT2D eigenvalue weighted by Gasteiger charge is 2.19. The van der Waals surface area contributed by atoms with E-state index in [9.17, 15) is 10.1 Å². The first-order chi connectivity index (χ1) is 14.0. The molecule has 1 saturated carbocycles. The molecular formula is C23H22I2N2O2. The lowest BCUT2D eigenvalue weighted by atomic mass is 10.1. The molecule has 2 aromatic rings. The van der Waals surface area contributed by atoms with Gasteiger partial charge in [-0.2, -0.15) is 5.26 Å². The minimum absolute atomic E-state index is 0.136. The van der Waals surface area contributed by atoms with Crippen LogP contribution >= 0.6 is 45.2 Å². The third-order valence-corrected chi connectivity index (χ3v) is 6.46. The Morgan fingerprint density at radius 1 is 1.24 bits per heavy atom. The summed E-state index contributed by atoms with van der Waals surface area (Å²) in [6, 6.07) is 14.4. The summed E-state index contributed by atoms with van der Waals surface area (Å²) in [5.74, 6) is 0.531. The lowest BCUT2D eigenvalue weighted by Crippen LogP contribution is -2.33. The molecule has 0 unspecified atom stereocenters. The van der Waals surface area contributed by atoms with Crippen molar-refractivity contribution < 1.29 is 9.53 Å². The van der Waals surface area contributed by atoms with E-state index in [1.54, 1.807) is 6.08 Å². The number of carbonyl (C=O) groups excluding carboxylic acids is 1. The number of aryl methyl sites for hydroxylation is 1. The van der Waals surface area contributed by atoms with Crippen LogP contribution in [0, 0.1) is 25.4 Å². The SMILES string of the molecule is Cc1cccc(COc2c(I)cc(/C=C(/C#N)C(=O)NC3CCCC3)cc2I)c1. The molecule has 1 aliphatic rings. The van der Waals surface area contributed by atoms with E-state index in [2.05, 4.69) is 69.6 Å². The average molecular weight is 612 g/mol. The first kappa shape index (κ1) is 22.1. The van der Waals surface area contributed by atoms with Gasteiger partial charge in [-0.3, -0.25) is 4.79 Å². The Labute approximate surface area is 199 Å². The number of benzene rings is 2. The number of halogens is 2. The minimum Gasteiger partial charge on any atom is -0.487 e. The molecule has 0 bridgehead atoms. The van der Waals surface area contributed by atoms with Crippen molar-refractivity contribution in [2.24, 2.45) is 0 Å². The molecular weight excluding hydrogens is 590 g/mol. The topological polar surface area (TPSA) is 62.1 Å². The number of ether oxygens (including phenoxy) is 1. The molecule has 3 rings (SSSR count). The fourth-order valence-corrected chi connectivity index (χ4v) is 5.53. The number of carbonyl (C=O) groups is 1.